The van der Waals surface area contributed by atoms with E-state index in [2.05, 4.69) is 63.4 Å². The molecule has 68 valence electrons. The van der Waals surface area contributed by atoms with Gasteiger partial charge in [0.15, 0.2) is 0 Å². The lowest BCUT2D eigenvalue weighted by atomic mass is 10.1. The summed E-state index contributed by atoms with van der Waals surface area (Å²) in [6.45, 7) is 4.31. The topological polar surface area (TPSA) is 4.93 Å². The number of fused-ring (bicyclic) bond motifs is 1. The first-order valence-electron chi connectivity index (χ1n) is 4.10. The van der Waals surface area contributed by atoms with E-state index < -0.39 is 0 Å². The van der Waals surface area contributed by atoms with E-state index in [-0.39, 0.29) is 0 Å². The van der Waals surface area contributed by atoms with Gasteiger partial charge in [0.1, 0.15) is 0 Å². The van der Waals surface area contributed by atoms with Crippen LogP contribution in [0.15, 0.2) is 24.4 Å². The van der Waals surface area contributed by atoms with Crippen molar-refractivity contribution in [3.8, 4) is 0 Å². The fourth-order valence-corrected chi connectivity index (χ4v) is 3.11. The van der Waals surface area contributed by atoms with Crippen LogP contribution in [0.4, 0.5) is 0 Å². The smallest absolute Gasteiger partial charge is 0.0627 e. The molecule has 2 rings (SSSR count). The monoisotopic (exact) mass is 303 g/mol. The summed E-state index contributed by atoms with van der Waals surface area (Å²) in [6, 6.07) is 6.62. The summed E-state index contributed by atoms with van der Waals surface area (Å²) in [5.74, 6) is 0. The molecule has 0 spiro atoms. The maximum Gasteiger partial charge on any atom is 0.0627 e. The maximum atomic E-state index is 2.30. The van der Waals surface area contributed by atoms with Gasteiger partial charge in [-0.25, -0.2) is 0 Å². The molecule has 0 fully saturated rings. The van der Waals surface area contributed by atoms with E-state index in [0.29, 0.717) is 0 Å². The van der Waals surface area contributed by atoms with Crippen molar-refractivity contribution in [1.29, 1.82) is 0 Å². The van der Waals surface area contributed by atoms with Crippen molar-refractivity contribution in [3.05, 3.63) is 35.5 Å². The molecule has 2 aromatic rings. The Balaban J connectivity index is 2.82. The van der Waals surface area contributed by atoms with E-state index in [1.54, 1.807) is 9.12 Å². The predicted molar refractivity (Wildman–Crippen MR) is 68.4 cm³/mol. The average molecular weight is 303 g/mol. The third-order valence-electron chi connectivity index (χ3n) is 2.16. The standard InChI is InChI=1S/C10H10INS/c1-7-5-8(2)10-9(6-7)3-4-12(10)13-11/h3-6H,1-2H3. The lowest BCUT2D eigenvalue weighted by Gasteiger charge is -2.03. The zero-order chi connectivity index (χ0) is 9.42. The molecule has 1 aromatic heterocycles. The van der Waals surface area contributed by atoms with Gasteiger partial charge in [0, 0.05) is 41.9 Å². The molecule has 0 bridgehead atoms. The largest absolute Gasteiger partial charge is 0.282 e. The number of aromatic nitrogens is 1. The van der Waals surface area contributed by atoms with E-state index in [9.17, 15) is 0 Å². The highest BCUT2D eigenvalue weighted by Gasteiger charge is 2.03. The summed E-state index contributed by atoms with van der Waals surface area (Å²) in [5.41, 5.74) is 4.02. The zero-order valence-corrected chi connectivity index (χ0v) is 10.5. The zero-order valence-electron chi connectivity index (χ0n) is 7.54. The molecule has 0 aliphatic heterocycles. The van der Waals surface area contributed by atoms with E-state index >= 15 is 0 Å². The second kappa shape index (κ2) is 3.53. The summed E-state index contributed by atoms with van der Waals surface area (Å²) in [4.78, 5) is 0. The molecule has 0 N–H and O–H groups in total. The van der Waals surface area contributed by atoms with Gasteiger partial charge in [-0.05, 0) is 31.5 Å². The van der Waals surface area contributed by atoms with Crippen LogP contribution in [0.5, 0.6) is 0 Å². The molecule has 0 aliphatic rings. The van der Waals surface area contributed by atoms with E-state index in [1.807, 2.05) is 0 Å². The van der Waals surface area contributed by atoms with Crippen molar-refractivity contribution < 1.29 is 0 Å². The number of hydrogen-bond acceptors (Lipinski definition) is 1. The van der Waals surface area contributed by atoms with Crippen LogP contribution in [0, 0.1) is 13.8 Å². The summed E-state index contributed by atoms with van der Waals surface area (Å²) < 4.78 is 2.20. The molecule has 1 nitrogen and oxygen atoms in total. The van der Waals surface area contributed by atoms with Crippen molar-refractivity contribution in [3.63, 3.8) is 0 Å². The molecule has 0 saturated carbocycles. The van der Waals surface area contributed by atoms with Crippen molar-refractivity contribution in [1.82, 2.24) is 3.97 Å². The SMILES string of the molecule is Cc1cc(C)c2c(ccn2SI)c1. The van der Waals surface area contributed by atoms with Crippen molar-refractivity contribution in [2.24, 2.45) is 0 Å². The number of aryl methyl sites for hydroxylation is 2. The van der Waals surface area contributed by atoms with Gasteiger partial charge in [0.25, 0.3) is 0 Å². The average Bonchev–Trinajstić information content (AvgIpc) is 2.47. The molecular weight excluding hydrogens is 293 g/mol. The van der Waals surface area contributed by atoms with E-state index in [1.165, 1.54) is 22.0 Å². The van der Waals surface area contributed by atoms with Crippen LogP contribution in [-0.4, -0.2) is 3.97 Å². The van der Waals surface area contributed by atoms with Gasteiger partial charge in [-0.15, -0.1) is 0 Å². The molecular formula is C10H10INS. The second-order valence-electron chi connectivity index (χ2n) is 3.23. The fraction of sp³-hybridized carbons (Fsp3) is 0.200. The van der Waals surface area contributed by atoms with Crippen LogP contribution in [0.1, 0.15) is 11.1 Å². The lowest BCUT2D eigenvalue weighted by Crippen LogP contribution is -1.84. The molecule has 0 atom stereocenters. The van der Waals surface area contributed by atoms with Gasteiger partial charge in [-0.2, -0.15) is 0 Å². The first-order valence-corrected chi connectivity index (χ1v) is 7.41. The number of rotatable bonds is 1. The Labute approximate surface area is 94.2 Å². The summed E-state index contributed by atoms with van der Waals surface area (Å²) >= 11 is 2.30. The molecule has 3 heteroatoms. The number of benzene rings is 1. The van der Waals surface area contributed by atoms with Gasteiger partial charge in [0.05, 0.1) is 5.52 Å². The lowest BCUT2D eigenvalue weighted by molar-refractivity contribution is 1.32. The van der Waals surface area contributed by atoms with Gasteiger partial charge in [-0.3, -0.25) is 3.97 Å². The van der Waals surface area contributed by atoms with Crippen LogP contribution in [-0.2, 0) is 0 Å². The minimum atomic E-state index is 1.33. The van der Waals surface area contributed by atoms with Crippen LogP contribution in [0.3, 0.4) is 0 Å². The van der Waals surface area contributed by atoms with Crippen LogP contribution < -0.4 is 0 Å². The molecule has 13 heavy (non-hydrogen) atoms. The Morgan fingerprint density at radius 3 is 2.77 bits per heavy atom. The highest BCUT2D eigenvalue weighted by atomic mass is 127. The van der Waals surface area contributed by atoms with E-state index in [4.69, 9.17) is 0 Å². The van der Waals surface area contributed by atoms with Crippen LogP contribution in [0.25, 0.3) is 10.9 Å². The van der Waals surface area contributed by atoms with Crippen molar-refractivity contribution >= 4 is 41.2 Å². The highest BCUT2D eigenvalue weighted by molar-refractivity contribution is 14.2. The second-order valence-corrected chi connectivity index (χ2v) is 4.94. The third-order valence-corrected chi connectivity index (χ3v) is 3.88. The molecule has 0 radical (unpaired) electrons. The normalized spacial score (nSPS) is 11.0. The third kappa shape index (κ3) is 1.59. The maximum absolute atomic E-state index is 2.30. The Kier molecular flexibility index (Phi) is 2.55. The minimum Gasteiger partial charge on any atom is -0.282 e. The van der Waals surface area contributed by atoms with Gasteiger partial charge >= 0.3 is 0 Å². The van der Waals surface area contributed by atoms with Crippen LogP contribution >= 0.6 is 30.3 Å². The highest BCUT2D eigenvalue weighted by Crippen LogP contribution is 2.27. The number of hydrogen-bond donors (Lipinski definition) is 0. The summed E-state index contributed by atoms with van der Waals surface area (Å²) in [7, 11) is 1.71. The predicted octanol–water partition coefficient (Wildman–Crippen LogP) is 4.10. The van der Waals surface area contributed by atoms with Gasteiger partial charge in [0.2, 0.25) is 0 Å². The first-order chi connectivity index (χ1) is 6.22. The van der Waals surface area contributed by atoms with Crippen molar-refractivity contribution in [2.45, 2.75) is 13.8 Å². The van der Waals surface area contributed by atoms with Gasteiger partial charge < -0.3 is 0 Å². The Bertz CT molecular complexity index is 447. The number of halogens is 1. The summed E-state index contributed by atoms with van der Waals surface area (Å²) in [6.07, 6.45) is 2.12. The molecule has 0 saturated heterocycles. The molecule has 0 unspecified atom stereocenters. The molecule has 0 amide bonds. The number of nitrogens with zero attached hydrogens (tertiary/aromatic N) is 1. The van der Waals surface area contributed by atoms with Crippen molar-refractivity contribution in [2.75, 3.05) is 0 Å². The summed E-state index contributed by atoms with van der Waals surface area (Å²) in [5, 5.41) is 1.33. The van der Waals surface area contributed by atoms with Crippen LogP contribution in [0.2, 0.25) is 0 Å². The Morgan fingerprint density at radius 2 is 2.08 bits per heavy atom. The fourth-order valence-electron chi connectivity index (χ4n) is 1.70. The first kappa shape index (κ1) is 9.40. The Hall–Kier alpha value is -0.160. The molecule has 1 heterocycles. The molecule has 1 aromatic carbocycles. The van der Waals surface area contributed by atoms with E-state index in [0.717, 1.165) is 0 Å². The quantitative estimate of drug-likeness (QED) is 0.718. The Morgan fingerprint density at radius 1 is 1.31 bits per heavy atom. The molecule has 0 aliphatic carbocycles. The van der Waals surface area contributed by atoms with Gasteiger partial charge in [-0.1, -0.05) is 11.6 Å². The minimum absolute atomic E-state index is 1.33.